The molecule has 0 aliphatic carbocycles. The monoisotopic (exact) mass is 602 g/mol. The molecule has 0 radical (unpaired) electrons. The number of amides is 1. The van der Waals surface area contributed by atoms with Crippen LogP contribution in [0.5, 0.6) is 0 Å². The van der Waals surface area contributed by atoms with E-state index in [0.717, 1.165) is 61.7 Å². The van der Waals surface area contributed by atoms with E-state index < -0.39 is 0 Å². The maximum Gasteiger partial charge on any atom is 0.246 e. The van der Waals surface area contributed by atoms with E-state index in [1.54, 1.807) is 4.90 Å². The van der Waals surface area contributed by atoms with E-state index >= 15 is 0 Å². The first-order valence-corrected chi connectivity index (χ1v) is 16.0. The SMILES string of the molecule is C=CC(=O)N1CCN(c2c(C#N)c(N3CCC(N(C)C)CC3)nc3c2CCN(c2cccc4cccc(C)c24)C3)C[C@@H]1CC#N. The number of nitriles is 2. The second kappa shape index (κ2) is 12.8. The fourth-order valence-corrected chi connectivity index (χ4v) is 7.54. The molecule has 2 saturated heterocycles. The number of hydrogen-bond acceptors (Lipinski definition) is 8. The van der Waals surface area contributed by atoms with E-state index in [4.69, 9.17) is 4.98 Å². The van der Waals surface area contributed by atoms with Crippen LogP contribution in [0.2, 0.25) is 0 Å². The Morgan fingerprint density at radius 3 is 2.49 bits per heavy atom. The Hall–Kier alpha value is -4.60. The van der Waals surface area contributed by atoms with Crippen molar-refractivity contribution < 1.29 is 4.79 Å². The molecule has 0 spiro atoms. The lowest BCUT2D eigenvalue weighted by Crippen LogP contribution is -2.55. The minimum absolute atomic E-state index is 0.155. The molecular formula is C36H42N8O. The summed E-state index contributed by atoms with van der Waals surface area (Å²) in [6, 6.07) is 18.0. The zero-order valence-corrected chi connectivity index (χ0v) is 26.7. The summed E-state index contributed by atoms with van der Waals surface area (Å²) in [6.07, 6.45) is 4.34. The van der Waals surface area contributed by atoms with Crippen molar-refractivity contribution >= 4 is 33.9 Å². The topological polar surface area (TPSA) is 93.7 Å². The summed E-state index contributed by atoms with van der Waals surface area (Å²) in [5, 5.41) is 22.9. The molecule has 232 valence electrons. The highest BCUT2D eigenvalue weighted by Gasteiger charge is 2.36. The fourth-order valence-electron chi connectivity index (χ4n) is 7.54. The van der Waals surface area contributed by atoms with Crippen LogP contribution in [0, 0.1) is 29.6 Å². The second-order valence-electron chi connectivity index (χ2n) is 12.7. The molecule has 4 heterocycles. The first-order valence-electron chi connectivity index (χ1n) is 16.0. The normalized spacial score (nSPS) is 18.9. The molecule has 9 nitrogen and oxygen atoms in total. The number of fused-ring (bicyclic) bond motifs is 2. The fraction of sp³-hybridized carbons (Fsp3) is 0.444. The zero-order valence-electron chi connectivity index (χ0n) is 26.7. The first kappa shape index (κ1) is 30.4. The van der Waals surface area contributed by atoms with Crippen LogP contribution in [0.1, 0.15) is 41.6 Å². The minimum atomic E-state index is -0.275. The van der Waals surface area contributed by atoms with Gasteiger partial charge in [0, 0.05) is 61.9 Å². The third-order valence-corrected chi connectivity index (χ3v) is 9.93. The number of carbonyl (C=O) groups excluding carboxylic acids is 1. The van der Waals surface area contributed by atoms with E-state index in [1.807, 2.05) is 0 Å². The molecule has 45 heavy (non-hydrogen) atoms. The van der Waals surface area contributed by atoms with Crippen LogP contribution in [-0.2, 0) is 17.8 Å². The molecule has 3 aliphatic heterocycles. The number of benzene rings is 2. The van der Waals surface area contributed by atoms with Crippen molar-refractivity contribution in [3.05, 3.63) is 71.4 Å². The third-order valence-electron chi connectivity index (χ3n) is 9.93. The maximum atomic E-state index is 12.7. The smallest absolute Gasteiger partial charge is 0.246 e. The largest absolute Gasteiger partial charge is 0.366 e. The van der Waals surface area contributed by atoms with E-state index in [2.05, 4.69) is 95.7 Å². The quantitative estimate of drug-likeness (QED) is 0.378. The number of anilines is 3. The van der Waals surface area contributed by atoms with Crippen molar-refractivity contribution in [1.82, 2.24) is 14.8 Å². The highest BCUT2D eigenvalue weighted by atomic mass is 16.2. The van der Waals surface area contributed by atoms with Gasteiger partial charge >= 0.3 is 0 Å². The molecule has 0 saturated carbocycles. The number of piperidine rings is 1. The predicted molar refractivity (Wildman–Crippen MR) is 179 cm³/mol. The Kier molecular flexibility index (Phi) is 8.65. The Labute approximate surface area is 266 Å². The van der Waals surface area contributed by atoms with Gasteiger partial charge in [0.1, 0.15) is 17.5 Å². The molecule has 1 atom stereocenters. The molecule has 0 bridgehead atoms. The summed E-state index contributed by atoms with van der Waals surface area (Å²) in [4.78, 5) is 29.0. The molecule has 9 heteroatoms. The van der Waals surface area contributed by atoms with Crippen molar-refractivity contribution in [3.8, 4) is 12.1 Å². The Bertz CT molecular complexity index is 1690. The molecule has 0 unspecified atom stereocenters. The van der Waals surface area contributed by atoms with Gasteiger partial charge in [-0.25, -0.2) is 4.98 Å². The number of carbonyl (C=O) groups is 1. The van der Waals surface area contributed by atoms with E-state index in [1.165, 1.54) is 28.1 Å². The van der Waals surface area contributed by atoms with E-state index in [-0.39, 0.29) is 18.4 Å². The highest BCUT2D eigenvalue weighted by molar-refractivity contribution is 5.97. The summed E-state index contributed by atoms with van der Waals surface area (Å²) in [6.45, 7) is 10.5. The van der Waals surface area contributed by atoms with Crippen molar-refractivity contribution in [3.63, 3.8) is 0 Å². The average Bonchev–Trinajstić information content (AvgIpc) is 3.06. The van der Waals surface area contributed by atoms with Gasteiger partial charge in [0.2, 0.25) is 5.91 Å². The number of pyridine rings is 1. The van der Waals surface area contributed by atoms with Crippen LogP contribution in [0.15, 0.2) is 49.1 Å². The molecule has 2 aromatic carbocycles. The van der Waals surface area contributed by atoms with Gasteiger partial charge in [-0.15, -0.1) is 0 Å². The lowest BCUT2D eigenvalue weighted by molar-refractivity contribution is -0.128. The maximum absolute atomic E-state index is 12.7. The van der Waals surface area contributed by atoms with E-state index in [0.29, 0.717) is 37.8 Å². The van der Waals surface area contributed by atoms with Gasteiger partial charge in [0.05, 0.1) is 36.5 Å². The van der Waals surface area contributed by atoms with Crippen LogP contribution in [0.3, 0.4) is 0 Å². The molecular weight excluding hydrogens is 560 g/mol. The molecule has 3 aliphatic rings. The average molecular weight is 603 g/mol. The van der Waals surface area contributed by atoms with Gasteiger partial charge in [-0.3, -0.25) is 4.79 Å². The first-order chi connectivity index (χ1) is 21.8. The standard InChI is InChI=1S/C36H42N8O/c1-5-33(45)44-21-20-43(23-28(44)12-16-37)35-29-15-19-42(32-11-7-10-26-9-6-8-25(2)34(26)32)24-31(29)39-36(30(35)22-38)41-17-13-27(14-18-41)40(3)4/h5-11,27-28H,1,12-15,17-21,23-24H2,2-4H3/t28-/m0/s1. The molecule has 0 N–H and O–H groups in total. The van der Waals surface area contributed by atoms with Gasteiger partial charge in [-0.1, -0.05) is 36.9 Å². The van der Waals surface area contributed by atoms with Gasteiger partial charge < -0.3 is 24.5 Å². The number of rotatable bonds is 6. The van der Waals surface area contributed by atoms with Gasteiger partial charge in [-0.2, -0.15) is 10.5 Å². The Balaban J connectivity index is 1.43. The molecule has 1 amide bonds. The van der Waals surface area contributed by atoms with Crippen molar-refractivity contribution in [2.24, 2.45) is 0 Å². The van der Waals surface area contributed by atoms with Crippen molar-refractivity contribution in [1.29, 1.82) is 10.5 Å². The number of piperazine rings is 1. The molecule has 1 aromatic heterocycles. The Morgan fingerprint density at radius 1 is 1.04 bits per heavy atom. The van der Waals surface area contributed by atoms with E-state index in [9.17, 15) is 15.3 Å². The van der Waals surface area contributed by atoms with Crippen LogP contribution < -0.4 is 14.7 Å². The minimum Gasteiger partial charge on any atom is -0.366 e. The van der Waals surface area contributed by atoms with Crippen LogP contribution >= 0.6 is 0 Å². The van der Waals surface area contributed by atoms with Gasteiger partial charge in [0.15, 0.2) is 0 Å². The third kappa shape index (κ3) is 5.69. The van der Waals surface area contributed by atoms with Crippen LogP contribution in [-0.4, -0.2) is 86.1 Å². The Morgan fingerprint density at radius 2 is 1.80 bits per heavy atom. The zero-order chi connectivity index (χ0) is 31.7. The highest BCUT2D eigenvalue weighted by Crippen LogP contribution is 2.40. The number of hydrogen-bond donors (Lipinski definition) is 0. The van der Waals surface area contributed by atoms with Crippen LogP contribution in [0.25, 0.3) is 10.8 Å². The number of nitrogens with zero attached hydrogens (tertiary/aromatic N) is 8. The summed E-state index contributed by atoms with van der Waals surface area (Å²) in [5.41, 5.74) is 6.14. The van der Waals surface area contributed by atoms with Crippen molar-refractivity contribution in [2.45, 2.75) is 51.2 Å². The van der Waals surface area contributed by atoms with Gasteiger partial charge in [-0.05, 0) is 63.4 Å². The predicted octanol–water partition coefficient (Wildman–Crippen LogP) is 4.62. The molecule has 6 rings (SSSR count). The number of aryl methyl sites for hydroxylation is 1. The summed E-state index contributed by atoms with van der Waals surface area (Å²) in [7, 11) is 4.27. The summed E-state index contributed by atoms with van der Waals surface area (Å²) < 4.78 is 0. The van der Waals surface area contributed by atoms with Gasteiger partial charge in [0.25, 0.3) is 0 Å². The lowest BCUT2D eigenvalue weighted by atomic mass is 9.95. The summed E-state index contributed by atoms with van der Waals surface area (Å²) >= 11 is 0. The van der Waals surface area contributed by atoms with Crippen LogP contribution in [0.4, 0.5) is 17.2 Å². The lowest BCUT2D eigenvalue weighted by Gasteiger charge is -2.44. The molecule has 2 fully saturated rings. The second-order valence-corrected chi connectivity index (χ2v) is 12.7. The van der Waals surface area contributed by atoms with Crippen molar-refractivity contribution in [2.75, 3.05) is 68.1 Å². The number of aromatic nitrogens is 1. The summed E-state index contributed by atoms with van der Waals surface area (Å²) in [5.74, 6) is 0.610. The molecule has 3 aromatic rings.